The van der Waals surface area contributed by atoms with Crippen LogP contribution in [-0.2, 0) is 14.3 Å². The minimum Gasteiger partial charge on any atom is -0.481 e. The van der Waals surface area contributed by atoms with Gasteiger partial charge in [-0.2, -0.15) is 0 Å². The molecule has 0 spiro atoms. The molecule has 1 N–H and O–H groups in total. The van der Waals surface area contributed by atoms with Gasteiger partial charge in [0.25, 0.3) is 0 Å². The molecular formula is C25H30N2O5. The van der Waals surface area contributed by atoms with Crippen LogP contribution in [0.3, 0.4) is 0 Å². The maximum atomic E-state index is 12.9. The lowest BCUT2D eigenvalue weighted by Gasteiger charge is -2.32. The molecule has 0 aromatic heterocycles. The summed E-state index contributed by atoms with van der Waals surface area (Å²) >= 11 is 0. The number of benzene rings is 2. The van der Waals surface area contributed by atoms with Gasteiger partial charge in [-0.25, -0.2) is 4.79 Å². The molecule has 3 rings (SSSR count). The number of likely N-dealkylation sites (N-methyl/N-ethyl adjacent to an activating group) is 2. The molecule has 0 heterocycles. The summed E-state index contributed by atoms with van der Waals surface area (Å²) in [7, 11) is 3.10. The van der Waals surface area contributed by atoms with Crippen molar-refractivity contribution >= 4 is 18.0 Å². The van der Waals surface area contributed by atoms with Crippen molar-refractivity contribution in [3.8, 4) is 11.1 Å². The van der Waals surface area contributed by atoms with Crippen molar-refractivity contribution in [2.75, 3.05) is 27.2 Å². The number of carbonyl (C=O) groups excluding carboxylic acids is 2. The molecule has 1 aliphatic rings. The predicted molar refractivity (Wildman–Crippen MR) is 121 cm³/mol. The number of amides is 2. The second-order valence-electron chi connectivity index (χ2n) is 8.51. The lowest BCUT2D eigenvalue weighted by Crippen LogP contribution is -2.51. The van der Waals surface area contributed by atoms with E-state index in [2.05, 4.69) is 24.3 Å². The topological polar surface area (TPSA) is 87.2 Å². The minimum absolute atomic E-state index is 0.0637. The van der Waals surface area contributed by atoms with Crippen LogP contribution in [0.5, 0.6) is 0 Å². The van der Waals surface area contributed by atoms with Crippen LogP contribution in [0.2, 0.25) is 0 Å². The zero-order chi connectivity index (χ0) is 23.4. The van der Waals surface area contributed by atoms with Gasteiger partial charge in [-0.1, -0.05) is 62.4 Å². The van der Waals surface area contributed by atoms with Crippen LogP contribution in [-0.4, -0.2) is 66.2 Å². The highest BCUT2D eigenvalue weighted by Gasteiger charge is 2.34. The fourth-order valence-electron chi connectivity index (χ4n) is 4.31. The van der Waals surface area contributed by atoms with E-state index in [0.717, 1.165) is 22.3 Å². The molecular weight excluding hydrogens is 408 g/mol. The maximum absolute atomic E-state index is 12.9. The zero-order valence-electron chi connectivity index (χ0n) is 18.9. The standard InChI is InChI=1S/C25H30N2O5/c1-16(2)23(24(30)26(3)14-13-22(28)29)27(4)25(31)32-15-21-19-11-7-5-9-17(19)18-10-6-8-12-20(18)21/h5-12,16,21,23H,13-15H2,1-4H3,(H,28,29)/t23-/m0/s1. The molecule has 2 aromatic rings. The highest BCUT2D eigenvalue weighted by molar-refractivity contribution is 5.86. The summed E-state index contributed by atoms with van der Waals surface area (Å²) in [6, 6.07) is 15.5. The van der Waals surface area contributed by atoms with E-state index in [4.69, 9.17) is 9.84 Å². The van der Waals surface area contributed by atoms with Gasteiger partial charge in [-0.3, -0.25) is 14.5 Å². The van der Waals surface area contributed by atoms with E-state index < -0.39 is 18.1 Å². The van der Waals surface area contributed by atoms with Crippen molar-refractivity contribution in [1.82, 2.24) is 9.80 Å². The molecule has 2 aromatic carbocycles. The van der Waals surface area contributed by atoms with Gasteiger partial charge in [0.1, 0.15) is 12.6 Å². The minimum atomic E-state index is -0.976. The Morgan fingerprint density at radius 2 is 1.50 bits per heavy atom. The average molecular weight is 439 g/mol. The second kappa shape index (κ2) is 9.85. The number of hydrogen-bond donors (Lipinski definition) is 1. The third kappa shape index (κ3) is 4.77. The van der Waals surface area contributed by atoms with Crippen LogP contribution in [0.25, 0.3) is 11.1 Å². The Hall–Kier alpha value is -3.35. The van der Waals surface area contributed by atoms with E-state index in [1.807, 2.05) is 38.1 Å². The third-order valence-electron chi connectivity index (χ3n) is 5.96. The third-order valence-corrected chi connectivity index (χ3v) is 5.96. The molecule has 0 radical (unpaired) electrons. The van der Waals surface area contributed by atoms with Gasteiger partial charge in [0, 0.05) is 26.6 Å². The lowest BCUT2D eigenvalue weighted by molar-refractivity contribution is -0.139. The number of ether oxygens (including phenoxy) is 1. The first-order valence-corrected chi connectivity index (χ1v) is 10.8. The molecule has 2 amide bonds. The fourth-order valence-corrected chi connectivity index (χ4v) is 4.31. The van der Waals surface area contributed by atoms with E-state index in [1.54, 1.807) is 14.1 Å². The van der Waals surface area contributed by atoms with E-state index in [9.17, 15) is 14.4 Å². The summed E-state index contributed by atoms with van der Waals surface area (Å²) in [4.78, 5) is 39.3. The van der Waals surface area contributed by atoms with Gasteiger partial charge < -0.3 is 14.7 Å². The highest BCUT2D eigenvalue weighted by atomic mass is 16.6. The van der Waals surface area contributed by atoms with Gasteiger partial charge in [-0.15, -0.1) is 0 Å². The number of carbonyl (C=O) groups is 3. The van der Waals surface area contributed by atoms with Crippen molar-refractivity contribution in [2.45, 2.75) is 32.2 Å². The first kappa shape index (κ1) is 23.3. The van der Waals surface area contributed by atoms with E-state index in [0.29, 0.717) is 0 Å². The molecule has 7 nitrogen and oxygen atoms in total. The van der Waals surface area contributed by atoms with Crippen LogP contribution in [0.15, 0.2) is 48.5 Å². The smallest absolute Gasteiger partial charge is 0.410 e. The van der Waals surface area contributed by atoms with Gasteiger partial charge >= 0.3 is 12.1 Å². The first-order valence-electron chi connectivity index (χ1n) is 10.8. The van der Waals surface area contributed by atoms with Gasteiger partial charge in [0.2, 0.25) is 5.91 Å². The van der Waals surface area contributed by atoms with Gasteiger partial charge in [0.15, 0.2) is 0 Å². The number of nitrogens with zero attached hydrogens (tertiary/aromatic N) is 2. The van der Waals surface area contributed by atoms with Crippen LogP contribution in [0, 0.1) is 5.92 Å². The van der Waals surface area contributed by atoms with Gasteiger partial charge in [0.05, 0.1) is 6.42 Å². The average Bonchev–Trinajstić information content (AvgIpc) is 3.09. The molecule has 1 atom stereocenters. The zero-order valence-corrected chi connectivity index (χ0v) is 18.9. The van der Waals surface area contributed by atoms with Crippen LogP contribution >= 0.6 is 0 Å². The number of fused-ring (bicyclic) bond motifs is 3. The van der Waals surface area contributed by atoms with Crippen LogP contribution < -0.4 is 0 Å². The monoisotopic (exact) mass is 438 g/mol. The fraction of sp³-hybridized carbons (Fsp3) is 0.400. The first-order chi connectivity index (χ1) is 15.2. The van der Waals surface area contributed by atoms with Crippen LogP contribution in [0.4, 0.5) is 4.79 Å². The molecule has 1 aliphatic carbocycles. The maximum Gasteiger partial charge on any atom is 0.410 e. The molecule has 7 heteroatoms. The quantitative estimate of drug-likeness (QED) is 0.677. The summed E-state index contributed by atoms with van der Waals surface area (Å²) in [6.45, 7) is 3.95. The lowest BCUT2D eigenvalue weighted by atomic mass is 9.98. The van der Waals surface area contributed by atoms with E-state index in [1.165, 1.54) is 9.80 Å². The van der Waals surface area contributed by atoms with Crippen molar-refractivity contribution in [1.29, 1.82) is 0 Å². The Balaban J connectivity index is 1.71. The van der Waals surface area contributed by atoms with Crippen molar-refractivity contribution in [3.63, 3.8) is 0 Å². The largest absolute Gasteiger partial charge is 0.481 e. The SMILES string of the molecule is CC(C)[C@@H](C(=O)N(C)CCC(=O)O)N(C)C(=O)OCC1c2ccccc2-c2ccccc21. The summed E-state index contributed by atoms with van der Waals surface area (Å²) < 4.78 is 5.68. The summed E-state index contributed by atoms with van der Waals surface area (Å²) in [6.07, 6.45) is -0.729. The Morgan fingerprint density at radius 1 is 0.969 bits per heavy atom. The number of rotatable bonds is 8. The normalized spacial score (nSPS) is 13.3. The van der Waals surface area contributed by atoms with Gasteiger partial charge in [-0.05, 0) is 28.2 Å². The van der Waals surface area contributed by atoms with Crippen molar-refractivity contribution in [2.24, 2.45) is 5.92 Å². The number of carboxylic acid groups (broad SMARTS) is 1. The summed E-state index contributed by atoms with van der Waals surface area (Å²) in [5, 5.41) is 8.88. The number of carboxylic acids is 1. The molecule has 0 unspecified atom stereocenters. The summed E-state index contributed by atoms with van der Waals surface area (Å²) in [5.41, 5.74) is 4.53. The number of aliphatic carboxylic acids is 1. The van der Waals surface area contributed by atoms with Crippen LogP contribution in [0.1, 0.15) is 37.3 Å². The molecule has 170 valence electrons. The Kier molecular flexibility index (Phi) is 7.18. The Morgan fingerprint density at radius 3 is 2.00 bits per heavy atom. The predicted octanol–water partition coefficient (Wildman–Crippen LogP) is 3.83. The molecule has 0 bridgehead atoms. The highest BCUT2D eigenvalue weighted by Crippen LogP contribution is 2.44. The molecule has 32 heavy (non-hydrogen) atoms. The molecule has 0 aliphatic heterocycles. The Bertz CT molecular complexity index is 958. The molecule has 0 saturated carbocycles. The van der Waals surface area contributed by atoms with E-state index in [-0.39, 0.29) is 37.3 Å². The number of hydrogen-bond acceptors (Lipinski definition) is 4. The Labute approximate surface area is 188 Å². The summed E-state index contributed by atoms with van der Waals surface area (Å²) in [5.74, 6) is -1.51. The van der Waals surface area contributed by atoms with Crippen molar-refractivity contribution in [3.05, 3.63) is 59.7 Å². The van der Waals surface area contributed by atoms with Crippen molar-refractivity contribution < 1.29 is 24.2 Å². The molecule has 0 fully saturated rings. The van der Waals surface area contributed by atoms with E-state index >= 15 is 0 Å². The second-order valence-corrected chi connectivity index (χ2v) is 8.51. The molecule has 0 saturated heterocycles.